The molecule has 4 aromatic rings. The monoisotopic (exact) mass is 290 g/mol. The summed E-state index contributed by atoms with van der Waals surface area (Å²) in [7, 11) is 0. The summed E-state index contributed by atoms with van der Waals surface area (Å²) < 4.78 is 0. The van der Waals surface area contributed by atoms with E-state index in [9.17, 15) is 0 Å². The zero-order valence-electron chi connectivity index (χ0n) is 12.6. The average Bonchev–Trinajstić information content (AvgIpc) is 3.00. The van der Waals surface area contributed by atoms with E-state index in [1.165, 1.54) is 53.9 Å². The minimum atomic E-state index is 1.04. The molecule has 2 aliphatic carbocycles. The van der Waals surface area contributed by atoms with E-state index >= 15 is 0 Å². The molecule has 0 fully saturated rings. The van der Waals surface area contributed by atoms with Crippen LogP contribution in [0.3, 0.4) is 0 Å². The highest BCUT2D eigenvalue weighted by Gasteiger charge is 2.19. The van der Waals surface area contributed by atoms with Crippen LogP contribution in [0.25, 0.3) is 33.7 Å². The van der Waals surface area contributed by atoms with Crippen molar-refractivity contribution in [2.45, 2.75) is 6.42 Å². The van der Waals surface area contributed by atoms with Gasteiger partial charge in [-0.25, -0.2) is 0 Å². The van der Waals surface area contributed by atoms with Crippen molar-refractivity contribution < 1.29 is 0 Å². The summed E-state index contributed by atoms with van der Waals surface area (Å²) in [6, 6.07) is 20.1. The Morgan fingerprint density at radius 2 is 1.70 bits per heavy atom. The Kier molecular flexibility index (Phi) is 1.98. The molecule has 0 bridgehead atoms. The van der Waals surface area contributed by atoms with Crippen LogP contribution in [-0.2, 0) is 6.42 Å². The molecular weight excluding hydrogens is 276 g/mol. The van der Waals surface area contributed by atoms with E-state index in [0.29, 0.717) is 0 Å². The van der Waals surface area contributed by atoms with Gasteiger partial charge in [-0.1, -0.05) is 66.7 Å². The van der Waals surface area contributed by atoms with Gasteiger partial charge >= 0.3 is 0 Å². The molecule has 0 atom stereocenters. The minimum absolute atomic E-state index is 1.04. The van der Waals surface area contributed by atoms with E-state index in [2.05, 4.69) is 72.8 Å². The molecule has 0 heterocycles. The lowest BCUT2D eigenvalue weighted by molar-refractivity contribution is 1.29. The van der Waals surface area contributed by atoms with E-state index in [0.717, 1.165) is 6.42 Å². The summed E-state index contributed by atoms with van der Waals surface area (Å²) in [4.78, 5) is 0. The molecule has 0 unspecified atom stereocenters. The van der Waals surface area contributed by atoms with E-state index in [-0.39, 0.29) is 0 Å². The molecule has 0 heteroatoms. The first-order valence-electron chi connectivity index (χ1n) is 8.19. The lowest BCUT2D eigenvalue weighted by atomic mass is 9.85. The lowest BCUT2D eigenvalue weighted by Gasteiger charge is -2.18. The van der Waals surface area contributed by atoms with Gasteiger partial charge in [-0.05, 0) is 66.4 Å². The van der Waals surface area contributed by atoms with E-state index in [1.54, 1.807) is 0 Å². The van der Waals surface area contributed by atoms with Crippen LogP contribution in [0.1, 0.15) is 16.7 Å². The molecule has 0 saturated carbocycles. The first-order valence-corrected chi connectivity index (χ1v) is 8.19. The SMILES string of the molecule is C1=Cc2c3c(c4cccc5ccc(c2c54)C1)=c1ccccc1=C3. The van der Waals surface area contributed by atoms with Crippen LogP contribution in [0, 0.1) is 10.4 Å². The van der Waals surface area contributed by atoms with E-state index in [1.807, 2.05) is 0 Å². The molecule has 6 rings (SSSR count). The molecule has 0 aromatic heterocycles. The molecule has 2 aliphatic rings. The zero-order valence-corrected chi connectivity index (χ0v) is 12.6. The maximum Gasteiger partial charge on any atom is -0.00199 e. The number of rotatable bonds is 0. The Hall–Kier alpha value is -2.86. The van der Waals surface area contributed by atoms with Crippen LogP contribution in [0.4, 0.5) is 0 Å². The standard InChI is InChI=1S/C23H14/c1-2-8-17-16(5-1)13-20-18-9-3-6-14-11-12-15-7-4-10-19(23(17)20)22(15)21(14)18/h1-5,7-13H,6H2. The van der Waals surface area contributed by atoms with Crippen LogP contribution in [-0.4, -0.2) is 0 Å². The second kappa shape index (κ2) is 3.91. The number of allylic oxidation sites excluding steroid dienone is 1. The minimum Gasteiger partial charge on any atom is -0.0795 e. The molecule has 0 nitrogen and oxygen atoms in total. The van der Waals surface area contributed by atoms with Crippen LogP contribution in [0.2, 0.25) is 0 Å². The third-order valence-electron chi connectivity index (χ3n) is 5.38. The second-order valence-corrected chi connectivity index (χ2v) is 6.54. The fourth-order valence-corrected chi connectivity index (χ4v) is 4.45. The third-order valence-corrected chi connectivity index (χ3v) is 5.38. The van der Waals surface area contributed by atoms with Gasteiger partial charge in [-0.2, -0.15) is 0 Å². The van der Waals surface area contributed by atoms with Crippen LogP contribution >= 0.6 is 0 Å². The van der Waals surface area contributed by atoms with Crippen molar-refractivity contribution in [2.24, 2.45) is 0 Å². The van der Waals surface area contributed by atoms with Gasteiger partial charge in [0.15, 0.2) is 0 Å². The highest BCUT2D eigenvalue weighted by atomic mass is 14.2. The van der Waals surface area contributed by atoms with Gasteiger partial charge in [0, 0.05) is 0 Å². The Morgan fingerprint density at radius 1 is 0.739 bits per heavy atom. The van der Waals surface area contributed by atoms with Crippen molar-refractivity contribution in [3.63, 3.8) is 0 Å². The fraction of sp³-hybridized carbons (Fsp3) is 0.0435. The molecule has 0 saturated heterocycles. The molecule has 106 valence electrons. The van der Waals surface area contributed by atoms with Gasteiger partial charge in [0.2, 0.25) is 0 Å². The quantitative estimate of drug-likeness (QED) is 0.387. The fourth-order valence-electron chi connectivity index (χ4n) is 4.45. The number of benzene rings is 4. The summed E-state index contributed by atoms with van der Waals surface area (Å²) in [6.07, 6.45) is 8.04. The molecule has 23 heavy (non-hydrogen) atoms. The molecular formula is C23H14. The average molecular weight is 290 g/mol. The van der Waals surface area contributed by atoms with Gasteiger partial charge in [-0.3, -0.25) is 0 Å². The van der Waals surface area contributed by atoms with E-state index < -0.39 is 0 Å². The Morgan fingerprint density at radius 3 is 2.70 bits per heavy atom. The van der Waals surface area contributed by atoms with Crippen LogP contribution < -0.4 is 5.22 Å². The van der Waals surface area contributed by atoms with Gasteiger partial charge in [0.25, 0.3) is 0 Å². The largest absolute Gasteiger partial charge is 0.0795 e. The third kappa shape index (κ3) is 1.33. The Bertz CT molecular complexity index is 1320. The highest BCUT2D eigenvalue weighted by Crippen LogP contribution is 2.39. The van der Waals surface area contributed by atoms with Crippen molar-refractivity contribution in [1.29, 1.82) is 0 Å². The maximum absolute atomic E-state index is 2.37. The molecule has 0 spiro atoms. The van der Waals surface area contributed by atoms with Crippen molar-refractivity contribution in [3.8, 4) is 0 Å². The number of fused-ring (bicyclic) bond motifs is 4. The van der Waals surface area contributed by atoms with Gasteiger partial charge in [0.05, 0.1) is 0 Å². The van der Waals surface area contributed by atoms with Crippen molar-refractivity contribution in [3.05, 3.63) is 93.0 Å². The normalized spacial score (nSPS) is 14.1. The topological polar surface area (TPSA) is 0 Å². The Labute approximate surface area is 133 Å². The molecule has 4 aromatic carbocycles. The highest BCUT2D eigenvalue weighted by molar-refractivity contribution is 6.16. The van der Waals surface area contributed by atoms with Gasteiger partial charge in [0.1, 0.15) is 0 Å². The van der Waals surface area contributed by atoms with Gasteiger partial charge in [-0.15, -0.1) is 0 Å². The summed E-state index contributed by atoms with van der Waals surface area (Å²) >= 11 is 0. The van der Waals surface area contributed by atoms with Crippen molar-refractivity contribution in [1.82, 2.24) is 0 Å². The van der Waals surface area contributed by atoms with E-state index in [4.69, 9.17) is 0 Å². The van der Waals surface area contributed by atoms with Crippen LogP contribution in [0.5, 0.6) is 0 Å². The number of hydrogen-bond donors (Lipinski definition) is 0. The van der Waals surface area contributed by atoms with Gasteiger partial charge < -0.3 is 0 Å². The molecule has 0 amide bonds. The molecule has 0 N–H and O–H groups in total. The molecule has 0 radical (unpaired) electrons. The zero-order chi connectivity index (χ0) is 15.0. The maximum atomic E-state index is 2.37. The first-order chi connectivity index (χ1) is 11.4. The lowest BCUT2D eigenvalue weighted by Crippen LogP contribution is -1.98. The predicted molar refractivity (Wildman–Crippen MR) is 97.1 cm³/mol. The number of hydrogen-bond acceptors (Lipinski definition) is 0. The summed E-state index contributed by atoms with van der Waals surface area (Å²) in [5.74, 6) is 0. The predicted octanol–water partition coefficient (Wildman–Crippen LogP) is 4.71. The summed E-state index contributed by atoms with van der Waals surface area (Å²) in [5.41, 5.74) is 4.26. The van der Waals surface area contributed by atoms with Crippen LogP contribution in [0.15, 0.2) is 60.7 Å². The first kappa shape index (κ1) is 11.7. The summed E-state index contributed by atoms with van der Waals surface area (Å²) in [6.45, 7) is 0. The van der Waals surface area contributed by atoms with Crippen molar-refractivity contribution >= 4 is 33.7 Å². The smallest absolute Gasteiger partial charge is 0.00199 e. The molecule has 0 aliphatic heterocycles. The Balaban J connectivity index is 2.09. The summed E-state index contributed by atoms with van der Waals surface area (Å²) in [5, 5.41) is 9.78. The van der Waals surface area contributed by atoms with Crippen molar-refractivity contribution in [2.75, 3.05) is 0 Å². The second-order valence-electron chi connectivity index (χ2n) is 6.54.